The van der Waals surface area contributed by atoms with Crippen molar-refractivity contribution in [2.75, 3.05) is 13.2 Å². The van der Waals surface area contributed by atoms with Crippen molar-refractivity contribution >= 4 is 5.97 Å². The average molecular weight is 271 g/mol. The largest absolute Gasteiger partial charge is 0.480 e. The fraction of sp³-hybridized carbons (Fsp3) is 0.933. The van der Waals surface area contributed by atoms with E-state index in [4.69, 9.17) is 4.74 Å². The van der Waals surface area contributed by atoms with Gasteiger partial charge in [-0.25, -0.2) is 0 Å². The van der Waals surface area contributed by atoms with Gasteiger partial charge in [0.05, 0.1) is 6.61 Å². The zero-order chi connectivity index (χ0) is 14.1. The van der Waals surface area contributed by atoms with Crippen molar-refractivity contribution < 1.29 is 14.6 Å². The lowest BCUT2D eigenvalue weighted by molar-refractivity contribution is -0.147. The molecular weight excluding hydrogens is 242 g/mol. The van der Waals surface area contributed by atoms with Gasteiger partial charge in [0.2, 0.25) is 0 Å². The number of carbonyl (C=O) groups is 1. The van der Waals surface area contributed by atoms with Crippen molar-refractivity contribution in [1.82, 2.24) is 5.32 Å². The molecule has 0 amide bonds. The molecule has 0 saturated heterocycles. The van der Waals surface area contributed by atoms with Gasteiger partial charge in [-0.3, -0.25) is 10.1 Å². The maximum atomic E-state index is 11.3. The van der Waals surface area contributed by atoms with Gasteiger partial charge in [0.25, 0.3) is 0 Å². The van der Waals surface area contributed by atoms with Crippen molar-refractivity contribution in [1.29, 1.82) is 0 Å². The highest BCUT2D eigenvalue weighted by molar-refractivity contribution is 5.78. The van der Waals surface area contributed by atoms with Gasteiger partial charge in [-0.2, -0.15) is 0 Å². The molecule has 0 aromatic carbocycles. The Kier molecular flexibility index (Phi) is 7.39. The first-order valence-electron chi connectivity index (χ1n) is 7.67. The number of hydrogen-bond donors (Lipinski definition) is 2. The summed E-state index contributed by atoms with van der Waals surface area (Å²) in [6, 6.07) is 0.374. The van der Waals surface area contributed by atoms with Crippen LogP contribution in [0.2, 0.25) is 0 Å². The monoisotopic (exact) mass is 271 g/mol. The smallest absolute Gasteiger partial charge is 0.326 e. The summed E-state index contributed by atoms with van der Waals surface area (Å²) >= 11 is 0. The number of aliphatic carboxylic acids is 1. The Hall–Kier alpha value is -0.610. The van der Waals surface area contributed by atoms with E-state index in [0.717, 1.165) is 19.3 Å². The molecule has 112 valence electrons. The Morgan fingerprint density at radius 3 is 2.47 bits per heavy atom. The second kappa shape index (κ2) is 8.54. The molecule has 2 N–H and O–H groups in total. The van der Waals surface area contributed by atoms with E-state index in [9.17, 15) is 9.90 Å². The molecule has 0 aliphatic heterocycles. The Morgan fingerprint density at radius 2 is 1.89 bits per heavy atom. The Morgan fingerprint density at radius 1 is 1.26 bits per heavy atom. The van der Waals surface area contributed by atoms with Crippen LogP contribution in [-0.4, -0.2) is 35.9 Å². The molecule has 1 aliphatic carbocycles. The summed E-state index contributed by atoms with van der Waals surface area (Å²) in [7, 11) is 0. The van der Waals surface area contributed by atoms with Gasteiger partial charge in [-0.1, -0.05) is 39.0 Å². The van der Waals surface area contributed by atoms with E-state index in [1.165, 1.54) is 32.1 Å². The van der Waals surface area contributed by atoms with Gasteiger partial charge >= 0.3 is 5.97 Å². The fourth-order valence-corrected chi connectivity index (χ4v) is 2.10. The van der Waals surface area contributed by atoms with Crippen molar-refractivity contribution in [3.05, 3.63) is 0 Å². The molecule has 0 spiro atoms. The van der Waals surface area contributed by atoms with E-state index < -0.39 is 11.5 Å². The highest BCUT2D eigenvalue weighted by Gasteiger charge is 2.38. The van der Waals surface area contributed by atoms with E-state index in [2.05, 4.69) is 12.2 Å². The molecule has 1 atom stereocenters. The van der Waals surface area contributed by atoms with Crippen LogP contribution < -0.4 is 5.32 Å². The molecule has 1 fully saturated rings. The van der Waals surface area contributed by atoms with Crippen LogP contribution in [0.25, 0.3) is 0 Å². The summed E-state index contributed by atoms with van der Waals surface area (Å²) in [5.74, 6) is -0.817. The second-order valence-electron chi connectivity index (χ2n) is 5.88. The third-order valence-electron chi connectivity index (χ3n) is 3.61. The summed E-state index contributed by atoms with van der Waals surface area (Å²) in [6.07, 6.45) is 9.51. The van der Waals surface area contributed by atoms with Crippen LogP contribution in [0.3, 0.4) is 0 Å². The minimum Gasteiger partial charge on any atom is -0.480 e. The van der Waals surface area contributed by atoms with Crippen molar-refractivity contribution in [2.45, 2.75) is 76.8 Å². The minimum atomic E-state index is -0.927. The third-order valence-corrected chi connectivity index (χ3v) is 3.61. The zero-order valence-electron chi connectivity index (χ0n) is 12.4. The van der Waals surface area contributed by atoms with Gasteiger partial charge in [-0.15, -0.1) is 0 Å². The topological polar surface area (TPSA) is 58.6 Å². The lowest BCUT2D eigenvalue weighted by Gasteiger charge is -2.26. The normalized spacial score (nSPS) is 18.2. The standard InChI is InChI=1S/C15H29NO3/c1-3-4-5-6-7-8-11-19-12-15(2,14(17)18)16-13-9-10-13/h13,16H,3-12H2,1-2H3,(H,17,18). The second-order valence-corrected chi connectivity index (χ2v) is 5.88. The first-order valence-corrected chi connectivity index (χ1v) is 7.67. The summed E-state index contributed by atoms with van der Waals surface area (Å²) in [6.45, 7) is 4.85. The predicted molar refractivity (Wildman–Crippen MR) is 76.4 cm³/mol. The van der Waals surface area contributed by atoms with Crippen molar-refractivity contribution in [3.8, 4) is 0 Å². The molecule has 1 unspecified atom stereocenters. The quantitative estimate of drug-likeness (QED) is 0.536. The van der Waals surface area contributed by atoms with Gasteiger partial charge in [0.15, 0.2) is 0 Å². The SMILES string of the molecule is CCCCCCCCOCC(C)(NC1CC1)C(=O)O. The molecule has 19 heavy (non-hydrogen) atoms. The third kappa shape index (κ3) is 6.92. The molecule has 0 bridgehead atoms. The van der Waals surface area contributed by atoms with E-state index in [1.807, 2.05) is 0 Å². The highest BCUT2D eigenvalue weighted by atomic mass is 16.5. The predicted octanol–water partition coefficient (Wildman–Crippen LogP) is 2.96. The number of rotatable bonds is 12. The van der Waals surface area contributed by atoms with Crippen LogP contribution in [-0.2, 0) is 9.53 Å². The lowest BCUT2D eigenvalue weighted by Crippen LogP contribution is -2.54. The zero-order valence-corrected chi connectivity index (χ0v) is 12.4. The Bertz CT molecular complexity index is 266. The number of carboxylic acid groups (broad SMARTS) is 1. The average Bonchev–Trinajstić information content (AvgIpc) is 3.16. The van der Waals surface area contributed by atoms with Crippen LogP contribution in [0, 0.1) is 0 Å². The lowest BCUT2D eigenvalue weighted by atomic mass is 10.0. The molecule has 0 radical (unpaired) electrons. The van der Waals surface area contributed by atoms with E-state index in [1.54, 1.807) is 6.92 Å². The number of hydrogen-bond acceptors (Lipinski definition) is 3. The van der Waals surface area contributed by atoms with Gasteiger partial charge < -0.3 is 9.84 Å². The van der Waals surface area contributed by atoms with Crippen LogP contribution >= 0.6 is 0 Å². The number of unbranched alkanes of at least 4 members (excludes halogenated alkanes) is 5. The maximum absolute atomic E-state index is 11.3. The number of carboxylic acids is 1. The molecule has 4 nitrogen and oxygen atoms in total. The first-order chi connectivity index (χ1) is 9.08. The Balaban J connectivity index is 2.06. The molecule has 4 heteroatoms. The van der Waals surface area contributed by atoms with Crippen LogP contribution in [0.5, 0.6) is 0 Å². The maximum Gasteiger partial charge on any atom is 0.326 e. The summed E-state index contributed by atoms with van der Waals surface area (Å²) in [5.41, 5.74) is -0.927. The summed E-state index contributed by atoms with van der Waals surface area (Å²) < 4.78 is 5.55. The Labute approximate surface area is 116 Å². The van der Waals surface area contributed by atoms with Gasteiger partial charge in [-0.05, 0) is 26.2 Å². The molecular formula is C15H29NO3. The minimum absolute atomic E-state index is 0.258. The van der Waals surface area contributed by atoms with Crippen molar-refractivity contribution in [2.24, 2.45) is 0 Å². The molecule has 1 saturated carbocycles. The van der Waals surface area contributed by atoms with E-state index in [0.29, 0.717) is 12.6 Å². The molecule has 0 aromatic rings. The van der Waals surface area contributed by atoms with Crippen LogP contribution in [0.1, 0.15) is 65.2 Å². The fourth-order valence-electron chi connectivity index (χ4n) is 2.10. The first kappa shape index (κ1) is 16.4. The molecule has 0 aromatic heterocycles. The van der Waals surface area contributed by atoms with Crippen LogP contribution in [0.15, 0.2) is 0 Å². The van der Waals surface area contributed by atoms with Crippen LogP contribution in [0.4, 0.5) is 0 Å². The summed E-state index contributed by atoms with van der Waals surface area (Å²) in [5, 5.41) is 12.4. The number of ether oxygens (including phenoxy) is 1. The summed E-state index contributed by atoms with van der Waals surface area (Å²) in [4.78, 5) is 11.3. The highest BCUT2D eigenvalue weighted by Crippen LogP contribution is 2.23. The molecule has 1 rings (SSSR count). The molecule has 1 aliphatic rings. The molecule has 0 heterocycles. The van der Waals surface area contributed by atoms with Gasteiger partial charge in [0.1, 0.15) is 5.54 Å². The van der Waals surface area contributed by atoms with E-state index in [-0.39, 0.29) is 6.61 Å². The van der Waals surface area contributed by atoms with E-state index >= 15 is 0 Å². The van der Waals surface area contributed by atoms with Crippen molar-refractivity contribution in [3.63, 3.8) is 0 Å². The van der Waals surface area contributed by atoms with Gasteiger partial charge in [0, 0.05) is 12.6 Å². The number of nitrogens with one attached hydrogen (secondary N) is 1.